The topological polar surface area (TPSA) is 42.2 Å². The lowest BCUT2D eigenvalue weighted by atomic mass is 9.74. The highest BCUT2D eigenvalue weighted by Crippen LogP contribution is 2.42. The summed E-state index contributed by atoms with van der Waals surface area (Å²) >= 11 is 0. The number of hydrogen-bond acceptors (Lipinski definition) is 2. The van der Waals surface area contributed by atoms with Gasteiger partial charge >= 0.3 is 0 Å². The summed E-state index contributed by atoms with van der Waals surface area (Å²) in [6.45, 7) is 10.5. The second-order valence-electron chi connectivity index (χ2n) is 8.25. The van der Waals surface area contributed by atoms with Gasteiger partial charge in [0, 0.05) is 35.1 Å². The van der Waals surface area contributed by atoms with Crippen LogP contribution in [0.3, 0.4) is 0 Å². The molecule has 29 heavy (non-hydrogen) atoms. The van der Waals surface area contributed by atoms with Crippen molar-refractivity contribution in [2.24, 2.45) is 7.05 Å². The Hall–Kier alpha value is -3.33. The average molecular weight is 383 g/mol. The molecule has 2 aromatic carbocycles. The molecule has 0 saturated carbocycles. The van der Waals surface area contributed by atoms with Crippen molar-refractivity contribution in [3.05, 3.63) is 101 Å². The Kier molecular flexibility index (Phi) is 4.34. The van der Waals surface area contributed by atoms with Crippen molar-refractivity contribution in [2.45, 2.75) is 26.2 Å². The first kappa shape index (κ1) is 19.0. The van der Waals surface area contributed by atoms with E-state index in [-0.39, 0.29) is 17.0 Å². The minimum absolute atomic E-state index is 0.0492. The lowest BCUT2D eigenvalue weighted by molar-refractivity contribution is -0.111. The maximum atomic E-state index is 13.0. The average Bonchev–Trinajstić information content (AvgIpc) is 3.02. The number of rotatable bonds is 4. The fourth-order valence-corrected chi connectivity index (χ4v) is 4.15. The lowest BCUT2D eigenvalue weighted by Crippen LogP contribution is -2.24. The van der Waals surface area contributed by atoms with Crippen LogP contribution in [0.25, 0.3) is 16.5 Å². The fourth-order valence-electron chi connectivity index (χ4n) is 4.15. The molecule has 0 saturated heterocycles. The van der Waals surface area contributed by atoms with E-state index in [4.69, 9.17) is 0 Å². The van der Waals surface area contributed by atoms with Crippen LogP contribution in [0.2, 0.25) is 0 Å². The third-order valence-corrected chi connectivity index (χ3v) is 6.07. The zero-order chi connectivity index (χ0) is 20.9. The predicted octanol–water partition coefficient (Wildman–Crippen LogP) is 5.80. The van der Waals surface area contributed by atoms with E-state index < -0.39 is 0 Å². The van der Waals surface area contributed by atoms with E-state index in [2.05, 4.69) is 39.5 Å². The molecule has 0 atom stereocenters. The number of aliphatic hydroxyl groups is 1. The van der Waals surface area contributed by atoms with Gasteiger partial charge in [-0.1, -0.05) is 62.9 Å². The molecule has 0 spiro atoms. The van der Waals surface area contributed by atoms with Crippen molar-refractivity contribution in [1.82, 2.24) is 4.57 Å². The number of benzene rings is 2. The zero-order valence-corrected chi connectivity index (χ0v) is 17.3. The third-order valence-electron chi connectivity index (χ3n) is 6.07. The van der Waals surface area contributed by atoms with Gasteiger partial charge in [0.05, 0.1) is 11.1 Å². The van der Waals surface area contributed by atoms with Crippen LogP contribution in [-0.4, -0.2) is 15.5 Å². The summed E-state index contributed by atoms with van der Waals surface area (Å²) in [5.41, 5.74) is 5.28. The summed E-state index contributed by atoms with van der Waals surface area (Å²) < 4.78 is 1.97. The number of aryl methyl sites for hydroxylation is 2. The monoisotopic (exact) mass is 383 g/mol. The first-order valence-corrected chi connectivity index (χ1v) is 9.73. The maximum Gasteiger partial charge on any atom is 0.201 e. The molecule has 1 aliphatic carbocycles. The Morgan fingerprint density at radius 1 is 1.10 bits per heavy atom. The molecule has 3 aromatic rings. The Bertz CT molecular complexity index is 1230. The minimum Gasteiger partial charge on any atom is -0.506 e. The molecular formula is C26H25NO2. The van der Waals surface area contributed by atoms with Crippen molar-refractivity contribution in [3.63, 3.8) is 0 Å². The number of aliphatic hydroxyl groups excluding tert-OH is 1. The second-order valence-corrected chi connectivity index (χ2v) is 8.25. The van der Waals surface area contributed by atoms with Gasteiger partial charge in [0.15, 0.2) is 0 Å². The Morgan fingerprint density at radius 2 is 1.76 bits per heavy atom. The van der Waals surface area contributed by atoms with Gasteiger partial charge in [-0.15, -0.1) is 0 Å². The van der Waals surface area contributed by atoms with E-state index in [0.29, 0.717) is 11.1 Å². The first-order valence-electron chi connectivity index (χ1n) is 9.73. The number of carbonyl (C=O) groups excluding carboxylic acids is 1. The van der Waals surface area contributed by atoms with Crippen molar-refractivity contribution < 1.29 is 9.90 Å². The fraction of sp³-hybridized carbons (Fsp3) is 0.192. The number of para-hydroxylation sites is 1. The molecular weight excluding hydrogens is 358 g/mol. The molecule has 3 heteroatoms. The van der Waals surface area contributed by atoms with Gasteiger partial charge < -0.3 is 9.67 Å². The highest BCUT2D eigenvalue weighted by atomic mass is 16.3. The third kappa shape index (κ3) is 2.85. The molecule has 1 N–H and O–H groups in total. The highest BCUT2D eigenvalue weighted by Gasteiger charge is 2.37. The summed E-state index contributed by atoms with van der Waals surface area (Å²) in [5.74, 6) is -0.0892. The number of Topliss-reactive ketones (excluding diaryl/α,β-unsaturated/α-hetero) is 1. The molecule has 146 valence electrons. The van der Waals surface area contributed by atoms with Crippen LogP contribution in [0.1, 0.15) is 30.5 Å². The van der Waals surface area contributed by atoms with Crippen LogP contribution >= 0.6 is 0 Å². The molecule has 0 aliphatic heterocycles. The van der Waals surface area contributed by atoms with E-state index in [1.165, 1.54) is 5.56 Å². The Labute approximate surface area is 171 Å². The zero-order valence-electron chi connectivity index (χ0n) is 17.3. The SMILES string of the molecule is C=C(/C=C1/C(=O)C(c2cn(C)c3ccccc23)=C1O)C(C)(C)c1ccccc1C. The number of fused-ring (bicyclic) bond motifs is 1. The largest absolute Gasteiger partial charge is 0.506 e. The van der Waals surface area contributed by atoms with Gasteiger partial charge in [-0.25, -0.2) is 0 Å². The first-order chi connectivity index (χ1) is 13.7. The summed E-state index contributed by atoms with van der Waals surface area (Å²) in [6, 6.07) is 16.1. The van der Waals surface area contributed by atoms with Crippen LogP contribution in [0.15, 0.2) is 84.3 Å². The van der Waals surface area contributed by atoms with Crippen molar-refractivity contribution >= 4 is 22.3 Å². The standard InChI is InChI=1S/C26H25NO2/c1-16-10-6-8-12-21(16)26(3,4)17(2)14-19-24(28)23(25(19)29)20-15-27(5)22-13-9-7-11-18(20)22/h6-15,28H,2H2,1,3-5H3/b19-14+. The number of carbonyl (C=O) groups is 1. The summed E-state index contributed by atoms with van der Waals surface area (Å²) in [4.78, 5) is 13.0. The van der Waals surface area contributed by atoms with Crippen LogP contribution in [-0.2, 0) is 17.3 Å². The summed E-state index contributed by atoms with van der Waals surface area (Å²) in [7, 11) is 1.94. The van der Waals surface area contributed by atoms with Crippen LogP contribution < -0.4 is 0 Å². The molecule has 0 unspecified atom stereocenters. The van der Waals surface area contributed by atoms with E-state index in [0.717, 1.165) is 27.6 Å². The van der Waals surface area contributed by atoms with E-state index in [1.807, 2.05) is 54.2 Å². The molecule has 4 rings (SSSR count). The number of nitrogens with zero attached hydrogens (tertiary/aromatic N) is 1. The molecule has 1 aliphatic rings. The van der Waals surface area contributed by atoms with Gasteiger partial charge in [0.2, 0.25) is 5.78 Å². The van der Waals surface area contributed by atoms with Crippen LogP contribution in [0.4, 0.5) is 0 Å². The lowest BCUT2D eigenvalue weighted by Gasteiger charge is -2.30. The van der Waals surface area contributed by atoms with Crippen molar-refractivity contribution in [2.75, 3.05) is 0 Å². The minimum atomic E-state index is -0.353. The normalized spacial score (nSPS) is 15.9. The van der Waals surface area contributed by atoms with Gasteiger partial charge in [-0.3, -0.25) is 4.79 Å². The molecule has 3 nitrogen and oxygen atoms in total. The number of allylic oxidation sites excluding steroid dienone is 4. The van der Waals surface area contributed by atoms with E-state index in [9.17, 15) is 9.90 Å². The molecule has 0 fully saturated rings. The van der Waals surface area contributed by atoms with Gasteiger partial charge in [0.1, 0.15) is 5.76 Å². The molecule has 1 aromatic heterocycles. The van der Waals surface area contributed by atoms with E-state index in [1.54, 1.807) is 6.08 Å². The maximum absolute atomic E-state index is 13.0. The van der Waals surface area contributed by atoms with Gasteiger partial charge in [-0.2, -0.15) is 0 Å². The Morgan fingerprint density at radius 3 is 2.45 bits per heavy atom. The predicted molar refractivity (Wildman–Crippen MR) is 119 cm³/mol. The van der Waals surface area contributed by atoms with Crippen LogP contribution in [0, 0.1) is 6.92 Å². The van der Waals surface area contributed by atoms with E-state index >= 15 is 0 Å². The molecule has 0 bridgehead atoms. The smallest absolute Gasteiger partial charge is 0.201 e. The van der Waals surface area contributed by atoms with Crippen molar-refractivity contribution in [1.29, 1.82) is 0 Å². The second kappa shape index (κ2) is 6.63. The summed E-state index contributed by atoms with van der Waals surface area (Å²) in [6.07, 6.45) is 3.63. The number of aromatic nitrogens is 1. The quantitative estimate of drug-likeness (QED) is 0.579. The number of hydrogen-bond donors (Lipinski definition) is 1. The van der Waals surface area contributed by atoms with Gasteiger partial charge in [0.25, 0.3) is 0 Å². The molecule has 0 radical (unpaired) electrons. The number of ketones is 1. The van der Waals surface area contributed by atoms with Crippen LogP contribution in [0.5, 0.6) is 0 Å². The summed E-state index contributed by atoms with van der Waals surface area (Å²) in [5, 5.41) is 11.7. The molecule has 1 heterocycles. The molecule has 0 amide bonds. The Balaban J connectivity index is 1.73. The van der Waals surface area contributed by atoms with Crippen molar-refractivity contribution in [3.8, 4) is 0 Å². The van der Waals surface area contributed by atoms with Gasteiger partial charge in [-0.05, 0) is 35.8 Å². The highest BCUT2D eigenvalue weighted by molar-refractivity contribution is 6.40.